The summed E-state index contributed by atoms with van der Waals surface area (Å²) in [5.41, 5.74) is 1.70. The lowest BCUT2D eigenvalue weighted by atomic mass is 10.2. The smallest absolute Gasteiger partial charge is 0.181 e. The van der Waals surface area contributed by atoms with Crippen LogP contribution in [-0.4, -0.2) is 21.8 Å². The van der Waals surface area contributed by atoms with E-state index in [1.165, 1.54) is 6.39 Å². The Hall–Kier alpha value is -1.62. The Morgan fingerprint density at radius 3 is 3.07 bits per heavy atom. The number of aromatic nitrogens is 3. The summed E-state index contributed by atoms with van der Waals surface area (Å²) in [5, 5.41) is 7.28. The Morgan fingerprint density at radius 2 is 2.43 bits per heavy atom. The highest BCUT2D eigenvalue weighted by Crippen LogP contribution is 2.20. The highest BCUT2D eigenvalue weighted by molar-refractivity contribution is 5.53. The minimum absolute atomic E-state index is 0.683. The predicted molar refractivity (Wildman–Crippen MR) is 51.5 cm³/mol. The standard InChI is InChI=1S/C9H12N4O/c1-10-5-8-9(14-6-11-8)7-3-4-13(2)12-7/h3-4,6,10H,5H2,1-2H3. The first-order chi connectivity index (χ1) is 6.81. The zero-order valence-corrected chi connectivity index (χ0v) is 8.19. The van der Waals surface area contributed by atoms with Crippen molar-refractivity contribution in [3.8, 4) is 11.5 Å². The lowest BCUT2D eigenvalue weighted by Crippen LogP contribution is -2.06. The molecule has 0 amide bonds. The van der Waals surface area contributed by atoms with Crippen molar-refractivity contribution in [2.45, 2.75) is 6.54 Å². The molecule has 2 rings (SSSR count). The van der Waals surface area contributed by atoms with Crippen LogP contribution in [0.4, 0.5) is 0 Å². The van der Waals surface area contributed by atoms with Crippen LogP contribution < -0.4 is 5.32 Å². The third kappa shape index (κ3) is 1.54. The van der Waals surface area contributed by atoms with Crippen molar-refractivity contribution in [2.24, 2.45) is 7.05 Å². The topological polar surface area (TPSA) is 55.9 Å². The van der Waals surface area contributed by atoms with Crippen LogP contribution in [-0.2, 0) is 13.6 Å². The highest BCUT2D eigenvalue weighted by atomic mass is 16.3. The average molecular weight is 192 g/mol. The molecule has 0 aromatic carbocycles. The normalized spacial score (nSPS) is 10.7. The van der Waals surface area contributed by atoms with Crippen molar-refractivity contribution in [3.63, 3.8) is 0 Å². The lowest BCUT2D eigenvalue weighted by Gasteiger charge is -1.96. The van der Waals surface area contributed by atoms with Gasteiger partial charge in [0.25, 0.3) is 0 Å². The summed E-state index contributed by atoms with van der Waals surface area (Å²) in [6.45, 7) is 0.683. The van der Waals surface area contributed by atoms with Crippen LogP contribution in [0.25, 0.3) is 11.5 Å². The molecule has 0 bridgehead atoms. The third-order valence-corrected chi connectivity index (χ3v) is 1.93. The van der Waals surface area contributed by atoms with Crippen molar-refractivity contribution >= 4 is 0 Å². The first-order valence-corrected chi connectivity index (χ1v) is 4.38. The van der Waals surface area contributed by atoms with Crippen LogP contribution in [0.5, 0.6) is 0 Å². The fourth-order valence-electron chi connectivity index (χ4n) is 1.31. The monoisotopic (exact) mass is 192 g/mol. The Labute approximate surface area is 81.8 Å². The summed E-state index contributed by atoms with van der Waals surface area (Å²) in [6, 6.07) is 1.90. The second-order valence-corrected chi connectivity index (χ2v) is 3.03. The molecule has 0 atom stereocenters. The Kier molecular flexibility index (Phi) is 2.32. The molecule has 0 radical (unpaired) electrons. The molecular formula is C9H12N4O. The molecule has 1 N–H and O–H groups in total. The molecule has 5 heteroatoms. The van der Waals surface area contributed by atoms with E-state index in [2.05, 4.69) is 15.4 Å². The van der Waals surface area contributed by atoms with Gasteiger partial charge in [0.2, 0.25) is 0 Å². The molecule has 0 saturated carbocycles. The summed E-state index contributed by atoms with van der Waals surface area (Å²) < 4.78 is 7.03. The molecule has 0 spiro atoms. The molecule has 2 heterocycles. The molecule has 74 valence electrons. The van der Waals surface area contributed by atoms with E-state index in [9.17, 15) is 0 Å². The Balaban J connectivity index is 2.36. The number of oxazole rings is 1. The minimum atomic E-state index is 0.683. The number of hydrogen-bond donors (Lipinski definition) is 1. The molecule has 0 aliphatic heterocycles. The maximum atomic E-state index is 5.29. The van der Waals surface area contributed by atoms with Gasteiger partial charge in [-0.25, -0.2) is 4.98 Å². The van der Waals surface area contributed by atoms with E-state index < -0.39 is 0 Å². The zero-order chi connectivity index (χ0) is 9.97. The molecular weight excluding hydrogens is 180 g/mol. The van der Waals surface area contributed by atoms with Gasteiger partial charge in [0.1, 0.15) is 11.4 Å². The molecule has 0 fully saturated rings. The van der Waals surface area contributed by atoms with E-state index in [1.807, 2.05) is 26.4 Å². The number of rotatable bonds is 3. The van der Waals surface area contributed by atoms with E-state index in [0.717, 1.165) is 17.1 Å². The maximum absolute atomic E-state index is 5.29. The second-order valence-electron chi connectivity index (χ2n) is 3.03. The van der Waals surface area contributed by atoms with Crippen LogP contribution in [0.1, 0.15) is 5.69 Å². The number of nitrogens with one attached hydrogen (secondary N) is 1. The molecule has 0 unspecified atom stereocenters. The van der Waals surface area contributed by atoms with Crippen molar-refractivity contribution in [3.05, 3.63) is 24.4 Å². The molecule has 0 aliphatic carbocycles. The molecule has 2 aromatic rings. The molecule has 0 aliphatic rings. The molecule has 5 nitrogen and oxygen atoms in total. The van der Waals surface area contributed by atoms with Crippen LogP contribution in [0, 0.1) is 0 Å². The second kappa shape index (κ2) is 3.63. The first-order valence-electron chi connectivity index (χ1n) is 4.38. The van der Waals surface area contributed by atoms with Crippen molar-refractivity contribution in [2.75, 3.05) is 7.05 Å². The van der Waals surface area contributed by atoms with E-state index in [4.69, 9.17) is 4.42 Å². The van der Waals surface area contributed by atoms with Crippen LogP contribution in [0.15, 0.2) is 23.1 Å². The largest absolute Gasteiger partial charge is 0.441 e. The number of aryl methyl sites for hydroxylation is 1. The average Bonchev–Trinajstić information content (AvgIpc) is 2.74. The first kappa shape index (κ1) is 8.96. The van der Waals surface area contributed by atoms with E-state index in [1.54, 1.807) is 4.68 Å². The predicted octanol–water partition coefficient (Wildman–Crippen LogP) is 0.794. The van der Waals surface area contributed by atoms with Crippen molar-refractivity contribution < 1.29 is 4.42 Å². The van der Waals surface area contributed by atoms with Gasteiger partial charge in [0, 0.05) is 19.8 Å². The van der Waals surface area contributed by atoms with Crippen LogP contribution >= 0.6 is 0 Å². The van der Waals surface area contributed by atoms with E-state index >= 15 is 0 Å². The van der Waals surface area contributed by atoms with Gasteiger partial charge in [-0.3, -0.25) is 4.68 Å². The van der Waals surface area contributed by atoms with Crippen LogP contribution in [0.3, 0.4) is 0 Å². The zero-order valence-electron chi connectivity index (χ0n) is 8.19. The SMILES string of the molecule is CNCc1ncoc1-c1ccn(C)n1. The number of nitrogens with zero attached hydrogens (tertiary/aromatic N) is 3. The van der Waals surface area contributed by atoms with Gasteiger partial charge in [-0.1, -0.05) is 0 Å². The minimum Gasteiger partial charge on any atom is -0.441 e. The van der Waals surface area contributed by atoms with Gasteiger partial charge in [-0.2, -0.15) is 5.10 Å². The van der Waals surface area contributed by atoms with E-state index in [0.29, 0.717) is 6.54 Å². The molecule has 0 saturated heterocycles. The van der Waals surface area contributed by atoms with Gasteiger partial charge >= 0.3 is 0 Å². The summed E-state index contributed by atoms with van der Waals surface area (Å²) >= 11 is 0. The van der Waals surface area contributed by atoms with Gasteiger partial charge < -0.3 is 9.73 Å². The molecule has 2 aromatic heterocycles. The van der Waals surface area contributed by atoms with Crippen LogP contribution in [0.2, 0.25) is 0 Å². The van der Waals surface area contributed by atoms with Gasteiger partial charge in [0.05, 0.1) is 0 Å². The number of hydrogen-bond acceptors (Lipinski definition) is 4. The fourth-order valence-corrected chi connectivity index (χ4v) is 1.31. The maximum Gasteiger partial charge on any atom is 0.181 e. The Morgan fingerprint density at radius 1 is 1.57 bits per heavy atom. The summed E-state index contributed by atoms with van der Waals surface area (Å²) in [5.74, 6) is 0.736. The summed E-state index contributed by atoms with van der Waals surface area (Å²) in [4.78, 5) is 4.11. The van der Waals surface area contributed by atoms with Crippen molar-refractivity contribution in [1.29, 1.82) is 0 Å². The van der Waals surface area contributed by atoms with E-state index in [-0.39, 0.29) is 0 Å². The highest BCUT2D eigenvalue weighted by Gasteiger charge is 2.11. The lowest BCUT2D eigenvalue weighted by molar-refractivity contribution is 0.566. The summed E-state index contributed by atoms with van der Waals surface area (Å²) in [7, 11) is 3.74. The quantitative estimate of drug-likeness (QED) is 0.781. The van der Waals surface area contributed by atoms with Gasteiger partial charge in [-0.05, 0) is 13.1 Å². The van der Waals surface area contributed by atoms with Gasteiger partial charge in [-0.15, -0.1) is 0 Å². The van der Waals surface area contributed by atoms with Gasteiger partial charge in [0.15, 0.2) is 12.2 Å². The Bertz CT molecular complexity index is 418. The fraction of sp³-hybridized carbons (Fsp3) is 0.333. The third-order valence-electron chi connectivity index (χ3n) is 1.93. The van der Waals surface area contributed by atoms with Crippen molar-refractivity contribution in [1.82, 2.24) is 20.1 Å². The summed E-state index contributed by atoms with van der Waals surface area (Å²) in [6.07, 6.45) is 3.32. The molecule has 14 heavy (non-hydrogen) atoms.